The van der Waals surface area contributed by atoms with Crippen LogP contribution in [-0.4, -0.2) is 45.9 Å². The molecule has 1 unspecified atom stereocenters. The highest BCUT2D eigenvalue weighted by Crippen LogP contribution is 2.24. The SMILES string of the molecule is Cc1nc(SCC(=O)N(C)Cc2ccsc2)n(CC2CCCO2)c1C. The van der Waals surface area contributed by atoms with Crippen molar-refractivity contribution in [2.45, 2.75) is 51.0 Å². The lowest BCUT2D eigenvalue weighted by Crippen LogP contribution is -2.27. The summed E-state index contributed by atoms with van der Waals surface area (Å²) in [5.74, 6) is 0.528. The lowest BCUT2D eigenvalue weighted by atomic mass is 10.2. The molecule has 5 nitrogen and oxygen atoms in total. The maximum Gasteiger partial charge on any atom is 0.233 e. The molecule has 3 rings (SSSR count). The zero-order valence-corrected chi connectivity index (χ0v) is 16.7. The van der Waals surface area contributed by atoms with E-state index in [9.17, 15) is 4.79 Å². The standard InChI is InChI=1S/C18H25N3O2S2/c1-13-14(2)21(10-16-5-4-7-23-16)18(19-13)25-12-17(22)20(3)9-15-6-8-24-11-15/h6,8,11,16H,4-5,7,9-10,12H2,1-3H3. The second kappa shape index (κ2) is 8.38. The van der Waals surface area contributed by atoms with Gasteiger partial charge in [-0.25, -0.2) is 4.98 Å². The van der Waals surface area contributed by atoms with E-state index < -0.39 is 0 Å². The predicted molar refractivity (Wildman–Crippen MR) is 102 cm³/mol. The van der Waals surface area contributed by atoms with E-state index in [1.54, 1.807) is 16.2 Å². The van der Waals surface area contributed by atoms with Crippen LogP contribution in [0.2, 0.25) is 0 Å². The third-order valence-corrected chi connectivity index (χ3v) is 6.28. The Kier molecular flexibility index (Phi) is 6.19. The molecule has 0 aliphatic carbocycles. The van der Waals surface area contributed by atoms with E-state index in [1.807, 2.05) is 19.4 Å². The van der Waals surface area contributed by atoms with Crippen LogP contribution in [0.25, 0.3) is 0 Å². The molecular formula is C18H25N3O2S2. The van der Waals surface area contributed by atoms with Gasteiger partial charge in [0.15, 0.2) is 5.16 Å². The Morgan fingerprint density at radius 3 is 3.04 bits per heavy atom. The van der Waals surface area contributed by atoms with E-state index in [0.717, 1.165) is 42.5 Å². The van der Waals surface area contributed by atoms with Crippen LogP contribution in [0.15, 0.2) is 22.0 Å². The molecule has 0 bridgehead atoms. The first-order valence-corrected chi connectivity index (χ1v) is 10.5. The topological polar surface area (TPSA) is 47.4 Å². The lowest BCUT2D eigenvalue weighted by molar-refractivity contribution is -0.127. The van der Waals surface area contributed by atoms with Gasteiger partial charge in [0.2, 0.25) is 5.91 Å². The van der Waals surface area contributed by atoms with Gasteiger partial charge >= 0.3 is 0 Å². The summed E-state index contributed by atoms with van der Waals surface area (Å²) in [6.07, 6.45) is 2.50. The number of amides is 1. The summed E-state index contributed by atoms with van der Waals surface area (Å²) in [5, 5.41) is 5.04. The Morgan fingerprint density at radius 1 is 1.52 bits per heavy atom. The first-order chi connectivity index (χ1) is 12.0. The van der Waals surface area contributed by atoms with Crippen LogP contribution >= 0.6 is 23.1 Å². The monoisotopic (exact) mass is 379 g/mol. The first kappa shape index (κ1) is 18.5. The van der Waals surface area contributed by atoms with Crippen molar-refractivity contribution in [1.82, 2.24) is 14.5 Å². The zero-order chi connectivity index (χ0) is 17.8. The number of imidazole rings is 1. The Labute approximate surface area is 157 Å². The summed E-state index contributed by atoms with van der Waals surface area (Å²) < 4.78 is 7.98. The molecule has 1 fully saturated rings. The highest BCUT2D eigenvalue weighted by Gasteiger charge is 2.21. The molecule has 2 aromatic heterocycles. The van der Waals surface area contributed by atoms with Crippen molar-refractivity contribution >= 4 is 29.0 Å². The van der Waals surface area contributed by atoms with Crippen molar-refractivity contribution in [2.24, 2.45) is 0 Å². The number of nitrogens with zero attached hydrogens (tertiary/aromatic N) is 3. The summed E-state index contributed by atoms with van der Waals surface area (Å²) in [7, 11) is 1.86. The average Bonchev–Trinajstić information content (AvgIpc) is 3.32. The quantitative estimate of drug-likeness (QED) is 0.691. The van der Waals surface area contributed by atoms with Gasteiger partial charge in [0.25, 0.3) is 0 Å². The summed E-state index contributed by atoms with van der Waals surface area (Å²) in [4.78, 5) is 18.9. The second-order valence-corrected chi connectivity index (χ2v) is 8.20. The normalized spacial score (nSPS) is 17.2. The molecule has 0 N–H and O–H groups in total. The number of ether oxygens (including phenoxy) is 1. The lowest BCUT2D eigenvalue weighted by Gasteiger charge is -2.17. The molecule has 3 heterocycles. The average molecular weight is 380 g/mol. The molecule has 0 aromatic carbocycles. The highest BCUT2D eigenvalue weighted by molar-refractivity contribution is 7.99. The molecule has 2 aromatic rings. The number of thioether (sulfide) groups is 1. The van der Waals surface area contributed by atoms with Gasteiger partial charge in [0.1, 0.15) is 0 Å². The fourth-order valence-electron chi connectivity index (χ4n) is 2.92. The summed E-state index contributed by atoms with van der Waals surface area (Å²) >= 11 is 3.18. The van der Waals surface area contributed by atoms with Gasteiger partial charge in [-0.2, -0.15) is 11.3 Å². The number of hydrogen-bond acceptors (Lipinski definition) is 5. The molecule has 1 aliphatic heterocycles. The largest absolute Gasteiger partial charge is 0.376 e. The Bertz CT molecular complexity index is 706. The van der Waals surface area contributed by atoms with E-state index in [2.05, 4.69) is 27.9 Å². The summed E-state index contributed by atoms with van der Waals surface area (Å²) in [6.45, 7) is 6.45. The number of carbonyl (C=O) groups excluding carboxylic acids is 1. The van der Waals surface area contributed by atoms with Crippen LogP contribution in [0.1, 0.15) is 29.8 Å². The molecule has 0 spiro atoms. The Morgan fingerprint density at radius 2 is 2.36 bits per heavy atom. The molecule has 1 saturated heterocycles. The van der Waals surface area contributed by atoms with Crippen molar-refractivity contribution in [3.05, 3.63) is 33.8 Å². The third kappa shape index (κ3) is 4.65. The summed E-state index contributed by atoms with van der Waals surface area (Å²) in [5.41, 5.74) is 3.37. The van der Waals surface area contributed by atoms with Crippen molar-refractivity contribution in [3.63, 3.8) is 0 Å². The molecule has 1 amide bonds. The van der Waals surface area contributed by atoms with Crippen molar-refractivity contribution in [3.8, 4) is 0 Å². The predicted octanol–water partition coefficient (Wildman–Crippen LogP) is 3.49. The minimum Gasteiger partial charge on any atom is -0.376 e. The number of thiophene rings is 1. The fourth-order valence-corrected chi connectivity index (χ4v) is 4.62. The number of aryl methyl sites for hydroxylation is 1. The van der Waals surface area contributed by atoms with E-state index in [1.165, 1.54) is 17.3 Å². The van der Waals surface area contributed by atoms with E-state index >= 15 is 0 Å². The number of rotatable bonds is 7. The Balaban J connectivity index is 1.60. The molecule has 1 aliphatic rings. The van der Waals surface area contributed by atoms with E-state index in [-0.39, 0.29) is 12.0 Å². The molecule has 136 valence electrons. The van der Waals surface area contributed by atoms with Gasteiger partial charge in [-0.15, -0.1) is 0 Å². The smallest absolute Gasteiger partial charge is 0.233 e. The van der Waals surface area contributed by atoms with E-state index in [4.69, 9.17) is 4.74 Å². The molecular weight excluding hydrogens is 354 g/mol. The maximum absolute atomic E-state index is 12.4. The summed E-state index contributed by atoms with van der Waals surface area (Å²) in [6, 6.07) is 2.06. The number of aromatic nitrogens is 2. The van der Waals surface area contributed by atoms with Crippen LogP contribution < -0.4 is 0 Å². The second-order valence-electron chi connectivity index (χ2n) is 6.48. The zero-order valence-electron chi connectivity index (χ0n) is 15.0. The van der Waals surface area contributed by atoms with Crippen molar-refractivity contribution < 1.29 is 9.53 Å². The van der Waals surface area contributed by atoms with Gasteiger partial charge in [0.05, 0.1) is 24.1 Å². The van der Waals surface area contributed by atoms with Crippen LogP contribution in [0.5, 0.6) is 0 Å². The first-order valence-electron chi connectivity index (χ1n) is 8.57. The fraction of sp³-hybridized carbons (Fsp3) is 0.556. The molecule has 25 heavy (non-hydrogen) atoms. The Hall–Kier alpha value is -1.31. The van der Waals surface area contributed by atoms with Gasteiger partial charge in [-0.05, 0) is 49.1 Å². The minimum atomic E-state index is 0.123. The van der Waals surface area contributed by atoms with E-state index in [0.29, 0.717) is 12.3 Å². The van der Waals surface area contributed by atoms with Crippen LogP contribution in [-0.2, 0) is 22.6 Å². The molecule has 0 radical (unpaired) electrons. The molecule has 0 saturated carbocycles. The van der Waals surface area contributed by atoms with Crippen molar-refractivity contribution in [2.75, 3.05) is 19.4 Å². The van der Waals surface area contributed by atoms with Crippen LogP contribution in [0.3, 0.4) is 0 Å². The number of hydrogen-bond donors (Lipinski definition) is 0. The van der Waals surface area contributed by atoms with Gasteiger partial charge in [-0.1, -0.05) is 11.8 Å². The van der Waals surface area contributed by atoms with Gasteiger partial charge in [-0.3, -0.25) is 4.79 Å². The van der Waals surface area contributed by atoms with Crippen LogP contribution in [0.4, 0.5) is 0 Å². The maximum atomic E-state index is 12.4. The third-order valence-electron chi connectivity index (χ3n) is 4.58. The van der Waals surface area contributed by atoms with Gasteiger partial charge < -0.3 is 14.2 Å². The van der Waals surface area contributed by atoms with Gasteiger partial charge in [0, 0.05) is 25.9 Å². The minimum absolute atomic E-state index is 0.123. The van der Waals surface area contributed by atoms with Crippen LogP contribution in [0, 0.1) is 13.8 Å². The number of carbonyl (C=O) groups is 1. The molecule has 1 atom stereocenters. The van der Waals surface area contributed by atoms with Crippen molar-refractivity contribution in [1.29, 1.82) is 0 Å². The highest BCUT2D eigenvalue weighted by atomic mass is 32.2. The molecule has 7 heteroatoms.